The Kier molecular flexibility index (Phi) is 7.24. The zero-order valence-corrected chi connectivity index (χ0v) is 15.6. The number of aryl methyl sites for hydroxylation is 1. The van der Waals surface area contributed by atoms with Crippen LogP contribution in [0.2, 0.25) is 0 Å². The number of aromatic nitrogens is 4. The van der Waals surface area contributed by atoms with Gasteiger partial charge in [0.1, 0.15) is 0 Å². The van der Waals surface area contributed by atoms with Crippen molar-refractivity contribution in [2.24, 2.45) is 0 Å². The number of nitrogens with zero attached hydrogens (tertiary/aromatic N) is 4. The monoisotopic (exact) mass is 350 g/mol. The summed E-state index contributed by atoms with van der Waals surface area (Å²) < 4.78 is 0. The van der Waals surface area contributed by atoms with Crippen molar-refractivity contribution in [1.29, 1.82) is 0 Å². The van der Waals surface area contributed by atoms with Gasteiger partial charge in [0.2, 0.25) is 11.9 Å². The molecule has 0 spiro atoms. The topological polar surface area (TPSA) is 75.6 Å². The van der Waals surface area contributed by atoms with Gasteiger partial charge in [-0.2, -0.15) is 0 Å². The third-order valence-corrected chi connectivity index (χ3v) is 4.43. The Morgan fingerprint density at radius 1 is 0.917 bits per heavy atom. The lowest BCUT2D eigenvalue weighted by Gasteiger charge is -2.14. The van der Waals surface area contributed by atoms with Gasteiger partial charge in [0, 0.05) is 44.6 Å². The molecule has 2 atom stereocenters. The summed E-state index contributed by atoms with van der Waals surface area (Å²) in [7, 11) is 0. The summed E-state index contributed by atoms with van der Waals surface area (Å²) in [6, 6.07) is 0.786. The van der Waals surface area contributed by atoms with E-state index in [0.717, 1.165) is 29.7 Å². The van der Waals surface area contributed by atoms with Crippen LogP contribution < -0.4 is 10.6 Å². The molecule has 0 unspecified atom stereocenters. The fourth-order valence-corrected chi connectivity index (χ4v) is 2.89. The molecule has 6 nitrogen and oxygen atoms in total. The van der Waals surface area contributed by atoms with E-state index in [1.807, 2.05) is 51.8 Å². The Morgan fingerprint density at radius 2 is 1.38 bits per heavy atom. The maximum absolute atomic E-state index is 4.34. The molecular formula is C17H30N6S. The van der Waals surface area contributed by atoms with Gasteiger partial charge in [-0.05, 0) is 38.0 Å². The first-order valence-electron chi connectivity index (χ1n) is 8.40. The largest absolute Gasteiger partial charge is 0.351 e. The zero-order valence-electron chi connectivity index (χ0n) is 14.8. The van der Waals surface area contributed by atoms with Gasteiger partial charge in [0.15, 0.2) is 0 Å². The van der Waals surface area contributed by atoms with Crippen LogP contribution in [0.15, 0.2) is 29.7 Å². The summed E-state index contributed by atoms with van der Waals surface area (Å²) in [5.74, 6) is 1.41. The van der Waals surface area contributed by atoms with Crippen molar-refractivity contribution in [2.45, 2.75) is 57.0 Å². The SMILES string of the molecule is CC.CSc1cnc(N[C@H]2CC[C@H](Nc3ncc(C)cn3)C2)nc1.[HH].[HH]. The first-order valence-corrected chi connectivity index (χ1v) is 9.63. The second-order valence-corrected chi connectivity index (χ2v) is 6.41. The Labute approximate surface area is 151 Å². The average molecular weight is 351 g/mol. The summed E-state index contributed by atoms with van der Waals surface area (Å²) in [5.41, 5.74) is 1.07. The Morgan fingerprint density at radius 3 is 1.83 bits per heavy atom. The van der Waals surface area contributed by atoms with Crippen molar-refractivity contribution in [1.82, 2.24) is 19.9 Å². The molecule has 0 amide bonds. The van der Waals surface area contributed by atoms with Crippen molar-refractivity contribution in [3.8, 4) is 0 Å². The van der Waals surface area contributed by atoms with E-state index in [2.05, 4.69) is 30.6 Å². The first kappa shape index (κ1) is 18.4. The molecule has 2 aromatic heterocycles. The minimum Gasteiger partial charge on any atom is -0.351 e. The van der Waals surface area contributed by atoms with Crippen molar-refractivity contribution in [2.75, 3.05) is 16.9 Å². The third-order valence-electron chi connectivity index (χ3n) is 3.74. The lowest BCUT2D eigenvalue weighted by Crippen LogP contribution is -2.22. The molecule has 2 aromatic rings. The van der Waals surface area contributed by atoms with Crippen molar-refractivity contribution >= 4 is 23.7 Å². The van der Waals surface area contributed by atoms with Crippen LogP contribution in [0.5, 0.6) is 0 Å². The quantitative estimate of drug-likeness (QED) is 0.780. The van der Waals surface area contributed by atoms with Crippen molar-refractivity contribution in [3.63, 3.8) is 0 Å². The van der Waals surface area contributed by atoms with Crippen LogP contribution >= 0.6 is 11.8 Å². The van der Waals surface area contributed by atoms with Crippen LogP contribution in [-0.2, 0) is 0 Å². The molecular weight excluding hydrogens is 320 g/mol. The fourth-order valence-electron chi connectivity index (χ4n) is 2.57. The predicted octanol–water partition coefficient (Wildman–Crippen LogP) is 4.26. The van der Waals surface area contributed by atoms with Crippen molar-refractivity contribution in [3.05, 3.63) is 30.4 Å². The molecule has 2 N–H and O–H groups in total. The van der Waals surface area contributed by atoms with Gasteiger partial charge in [-0.1, -0.05) is 13.8 Å². The highest BCUT2D eigenvalue weighted by Crippen LogP contribution is 2.24. The molecule has 2 heterocycles. The lowest BCUT2D eigenvalue weighted by atomic mass is 10.2. The zero-order chi connectivity index (χ0) is 17.4. The maximum Gasteiger partial charge on any atom is 0.222 e. The number of thioether (sulfide) groups is 1. The van der Waals surface area contributed by atoms with Gasteiger partial charge in [0.25, 0.3) is 0 Å². The van der Waals surface area contributed by atoms with Crippen LogP contribution in [0, 0.1) is 6.92 Å². The third kappa shape index (κ3) is 5.33. The molecule has 3 rings (SSSR count). The molecule has 134 valence electrons. The van der Waals surface area contributed by atoms with E-state index in [1.165, 1.54) is 0 Å². The molecule has 0 aliphatic heterocycles. The van der Waals surface area contributed by atoms with E-state index in [4.69, 9.17) is 0 Å². The molecule has 1 aliphatic rings. The van der Waals surface area contributed by atoms with Crippen molar-refractivity contribution < 1.29 is 2.85 Å². The molecule has 0 bridgehead atoms. The number of rotatable bonds is 5. The Hall–Kier alpha value is -1.89. The van der Waals surface area contributed by atoms with E-state index >= 15 is 0 Å². The first-order chi connectivity index (χ1) is 11.7. The minimum absolute atomic E-state index is 0. The van der Waals surface area contributed by atoms with Gasteiger partial charge in [-0.3, -0.25) is 0 Å². The number of hydrogen-bond acceptors (Lipinski definition) is 7. The summed E-state index contributed by atoms with van der Waals surface area (Å²) in [5, 5.41) is 6.80. The van der Waals surface area contributed by atoms with Gasteiger partial charge >= 0.3 is 0 Å². The van der Waals surface area contributed by atoms with E-state index in [0.29, 0.717) is 24.0 Å². The van der Waals surface area contributed by atoms with Crippen LogP contribution in [0.4, 0.5) is 11.9 Å². The van der Waals surface area contributed by atoms with E-state index in [9.17, 15) is 0 Å². The minimum atomic E-state index is 0. The van der Waals surface area contributed by atoms with E-state index < -0.39 is 0 Å². The molecule has 24 heavy (non-hydrogen) atoms. The highest BCUT2D eigenvalue weighted by molar-refractivity contribution is 7.98. The van der Waals surface area contributed by atoms with E-state index in [1.54, 1.807) is 11.8 Å². The highest BCUT2D eigenvalue weighted by atomic mass is 32.2. The number of nitrogens with one attached hydrogen (secondary N) is 2. The van der Waals surface area contributed by atoms with Crippen LogP contribution in [-0.4, -0.2) is 38.3 Å². The smallest absolute Gasteiger partial charge is 0.222 e. The Bertz CT molecular complexity index is 612. The summed E-state index contributed by atoms with van der Waals surface area (Å²) >= 11 is 1.65. The summed E-state index contributed by atoms with van der Waals surface area (Å²) in [6.07, 6.45) is 12.6. The lowest BCUT2D eigenvalue weighted by molar-refractivity contribution is 0.712. The van der Waals surface area contributed by atoms with Crippen LogP contribution in [0.3, 0.4) is 0 Å². The van der Waals surface area contributed by atoms with Crippen LogP contribution in [0.1, 0.15) is 41.5 Å². The summed E-state index contributed by atoms with van der Waals surface area (Å²) in [4.78, 5) is 18.4. The normalized spacial score (nSPS) is 19.3. The average Bonchev–Trinajstić information content (AvgIpc) is 3.06. The predicted molar refractivity (Wildman–Crippen MR) is 105 cm³/mol. The molecule has 7 heteroatoms. The van der Waals surface area contributed by atoms with Crippen LogP contribution in [0.25, 0.3) is 0 Å². The standard InChI is InChI=1S/C15H20N6S.C2H6.2H2/c1-10-6-16-14(17-7-10)20-11-3-4-12(5-11)21-15-18-8-13(22-2)9-19-15;1-2;;/h6-9,11-12H,3-5H2,1-2H3,(H,16,17,20)(H,18,19,21);1-2H3;2*1H/t11-,12-;;;/m0.../s1. The second-order valence-electron chi connectivity index (χ2n) is 5.53. The highest BCUT2D eigenvalue weighted by Gasteiger charge is 2.25. The molecule has 1 saturated carbocycles. The van der Waals surface area contributed by atoms with Gasteiger partial charge in [-0.25, -0.2) is 19.9 Å². The molecule has 0 aromatic carbocycles. The molecule has 0 saturated heterocycles. The van der Waals surface area contributed by atoms with Gasteiger partial charge in [-0.15, -0.1) is 11.8 Å². The van der Waals surface area contributed by atoms with E-state index in [-0.39, 0.29) is 2.85 Å². The summed E-state index contributed by atoms with van der Waals surface area (Å²) in [6.45, 7) is 5.99. The number of hydrogen-bond donors (Lipinski definition) is 2. The fraction of sp³-hybridized carbons (Fsp3) is 0.529. The molecule has 0 radical (unpaired) electrons. The van der Waals surface area contributed by atoms with Gasteiger partial charge in [0.05, 0.1) is 0 Å². The van der Waals surface area contributed by atoms with Gasteiger partial charge < -0.3 is 10.6 Å². The molecule has 1 aliphatic carbocycles. The number of anilines is 2. The second kappa shape index (κ2) is 9.42. The molecule has 1 fully saturated rings. The maximum atomic E-state index is 4.34. The Balaban J connectivity index is 0.00000151.